The van der Waals surface area contributed by atoms with E-state index in [4.69, 9.17) is 0 Å². The van der Waals surface area contributed by atoms with Gasteiger partial charge >= 0.3 is 24.4 Å². The van der Waals surface area contributed by atoms with Crippen molar-refractivity contribution < 1.29 is 45.5 Å². The molecule has 0 fully saturated rings. The van der Waals surface area contributed by atoms with Crippen LogP contribution in [0.4, 0.5) is 47.3 Å². The number of carbonyl (C=O) groups excluding carboxylic acids is 4. The topological polar surface area (TPSA) is 123 Å². The highest BCUT2D eigenvalue weighted by atomic mass is 19.4. The van der Waals surface area contributed by atoms with Crippen molar-refractivity contribution in [3.05, 3.63) is 214 Å². The zero-order chi connectivity index (χ0) is 54.5. The summed E-state index contributed by atoms with van der Waals surface area (Å²) in [4.78, 5) is 55.1. The third kappa shape index (κ3) is 14.5. The number of benzene rings is 7. The molecule has 2 aliphatic rings. The van der Waals surface area contributed by atoms with Crippen LogP contribution in [0.3, 0.4) is 0 Å². The van der Waals surface area contributed by atoms with Gasteiger partial charge in [-0.3, -0.25) is 9.59 Å². The summed E-state index contributed by atoms with van der Waals surface area (Å²) in [6.07, 6.45) is -3.08. The third-order valence-electron chi connectivity index (χ3n) is 13.5. The summed E-state index contributed by atoms with van der Waals surface area (Å²) in [6.45, 7) is 5.44. The standard InChI is InChI=1S/C31H26F3N3O2.C30H32F3N3O2/c32-31(33,34)25-13-10-22(11-14-25)27-8-4-5-9-28(27)29(38)36-26-15-12-24-20-37(17-16-23(24)18-26)30(39)35-19-21-6-2-1-3-7-21;1-2-3-4-7-17-34-29(38)36-18-16-22-19-25(15-12-23(22)20-36)35-28(37)27-9-6-5-8-26(27)21-10-13-24(14-11-21)30(31,32)33/h1-15,18H,16-17,19-20H2,(H,35,39)(H,36,38);5-6,8-15,19H,2-4,7,16-18,20H2,1H3,(H,34,38)(H,35,37). The first-order valence-electron chi connectivity index (χ1n) is 25.5. The fourth-order valence-electron chi connectivity index (χ4n) is 9.29. The molecule has 16 heteroatoms. The second kappa shape index (κ2) is 25.0. The van der Waals surface area contributed by atoms with Crippen LogP contribution in [-0.4, -0.2) is 53.3 Å². The Balaban J connectivity index is 0.000000204. The molecule has 4 N–H and O–H groups in total. The smallest absolute Gasteiger partial charge is 0.338 e. The maximum absolute atomic E-state index is 13.2. The van der Waals surface area contributed by atoms with Crippen LogP contribution in [0, 0.1) is 0 Å². The van der Waals surface area contributed by atoms with Crippen molar-refractivity contribution in [1.82, 2.24) is 20.4 Å². The van der Waals surface area contributed by atoms with Crippen LogP contribution in [0.25, 0.3) is 22.3 Å². The lowest BCUT2D eigenvalue weighted by atomic mass is 9.97. The van der Waals surface area contributed by atoms with Crippen LogP contribution in [0.2, 0.25) is 0 Å². The minimum atomic E-state index is -4.43. The molecule has 0 saturated carbocycles. The van der Waals surface area contributed by atoms with Gasteiger partial charge in [0.25, 0.3) is 11.8 Å². The van der Waals surface area contributed by atoms with E-state index < -0.39 is 23.5 Å². The molecular formula is C61H58F6N6O4. The van der Waals surface area contributed by atoms with Crippen molar-refractivity contribution in [2.45, 2.75) is 77.4 Å². The molecule has 2 heterocycles. The van der Waals surface area contributed by atoms with Gasteiger partial charge in [0, 0.05) is 61.8 Å². The number of urea groups is 2. The van der Waals surface area contributed by atoms with Crippen molar-refractivity contribution in [2.75, 3.05) is 30.3 Å². The molecule has 9 rings (SSSR count). The number of fused-ring (bicyclic) bond motifs is 2. The number of alkyl halides is 6. The lowest BCUT2D eigenvalue weighted by Crippen LogP contribution is -2.43. The van der Waals surface area contributed by atoms with Gasteiger partial charge in [-0.05, 0) is 130 Å². The second-order valence-corrected chi connectivity index (χ2v) is 18.9. The molecular weight excluding hydrogens is 995 g/mol. The van der Waals surface area contributed by atoms with E-state index in [0.29, 0.717) is 96.9 Å². The summed E-state index contributed by atoms with van der Waals surface area (Å²) in [7, 11) is 0. The van der Waals surface area contributed by atoms with E-state index in [1.807, 2.05) is 60.7 Å². The average molecular weight is 1050 g/mol. The minimum absolute atomic E-state index is 0.0515. The van der Waals surface area contributed by atoms with E-state index in [2.05, 4.69) is 28.2 Å². The molecule has 0 atom stereocenters. The van der Waals surface area contributed by atoms with E-state index in [0.717, 1.165) is 71.3 Å². The quantitative estimate of drug-likeness (QED) is 0.0678. The maximum Gasteiger partial charge on any atom is 0.416 e. The van der Waals surface area contributed by atoms with Crippen LogP contribution in [0.15, 0.2) is 164 Å². The number of hydrogen-bond donors (Lipinski definition) is 4. The average Bonchev–Trinajstić information content (AvgIpc) is 3.44. The van der Waals surface area contributed by atoms with E-state index in [1.165, 1.54) is 30.7 Å². The number of nitrogens with one attached hydrogen (secondary N) is 4. The van der Waals surface area contributed by atoms with Gasteiger partial charge in [0.15, 0.2) is 0 Å². The molecule has 0 aromatic heterocycles. The summed E-state index contributed by atoms with van der Waals surface area (Å²) in [6, 6.07) is 44.0. The summed E-state index contributed by atoms with van der Waals surface area (Å²) in [5, 5.41) is 11.8. The lowest BCUT2D eigenvalue weighted by Gasteiger charge is -2.29. The molecule has 0 saturated heterocycles. The predicted molar refractivity (Wildman–Crippen MR) is 287 cm³/mol. The normalized spacial score (nSPS) is 13.0. The molecule has 7 aromatic carbocycles. The molecule has 0 unspecified atom stereocenters. The lowest BCUT2D eigenvalue weighted by molar-refractivity contribution is -0.138. The second-order valence-electron chi connectivity index (χ2n) is 18.9. The summed E-state index contributed by atoms with van der Waals surface area (Å²) >= 11 is 0. The van der Waals surface area contributed by atoms with Crippen LogP contribution < -0.4 is 21.3 Å². The number of anilines is 2. The van der Waals surface area contributed by atoms with E-state index in [9.17, 15) is 45.5 Å². The highest BCUT2D eigenvalue weighted by Crippen LogP contribution is 2.34. The van der Waals surface area contributed by atoms with Crippen LogP contribution in [-0.2, 0) is 44.8 Å². The van der Waals surface area contributed by atoms with Gasteiger partial charge in [0.05, 0.1) is 11.1 Å². The van der Waals surface area contributed by atoms with Crippen LogP contribution in [0.5, 0.6) is 0 Å². The number of nitrogens with zero attached hydrogens (tertiary/aromatic N) is 2. The summed E-state index contributed by atoms with van der Waals surface area (Å²) in [5.41, 5.74) is 7.84. The monoisotopic (exact) mass is 1050 g/mol. The van der Waals surface area contributed by atoms with Crippen LogP contribution >= 0.6 is 0 Å². The van der Waals surface area contributed by atoms with Crippen molar-refractivity contribution >= 4 is 35.3 Å². The summed E-state index contributed by atoms with van der Waals surface area (Å²) in [5.74, 6) is -0.705. The SMILES string of the molecule is CCCCCCNC(=O)N1CCc2cc(NC(=O)c3ccccc3-c3ccc(C(F)(F)F)cc3)ccc2C1.O=C(Nc1ccc2c(c1)CCN(C(=O)NCc1ccccc1)C2)c1ccccc1-c1ccc(C(F)(F)F)cc1. The van der Waals surface area contributed by atoms with Gasteiger partial charge in [-0.15, -0.1) is 0 Å². The Morgan fingerprint density at radius 3 is 1.38 bits per heavy atom. The molecule has 0 radical (unpaired) electrons. The molecule has 6 amide bonds. The third-order valence-corrected chi connectivity index (χ3v) is 13.5. The maximum atomic E-state index is 13.2. The highest BCUT2D eigenvalue weighted by Gasteiger charge is 2.31. The minimum Gasteiger partial charge on any atom is -0.338 e. The Kier molecular flexibility index (Phi) is 17.8. The first kappa shape index (κ1) is 54.8. The highest BCUT2D eigenvalue weighted by molar-refractivity contribution is 6.09. The molecule has 0 aliphatic carbocycles. The predicted octanol–water partition coefficient (Wildman–Crippen LogP) is 14.2. The van der Waals surface area contributed by atoms with Crippen molar-refractivity contribution in [2.24, 2.45) is 0 Å². The van der Waals surface area contributed by atoms with Gasteiger partial charge in [0.1, 0.15) is 0 Å². The number of halogens is 6. The van der Waals surface area contributed by atoms with E-state index in [1.54, 1.807) is 64.4 Å². The molecule has 398 valence electrons. The van der Waals surface area contributed by atoms with Crippen molar-refractivity contribution in [3.8, 4) is 22.3 Å². The molecule has 0 bridgehead atoms. The Morgan fingerprint density at radius 1 is 0.481 bits per heavy atom. The molecule has 77 heavy (non-hydrogen) atoms. The molecule has 7 aromatic rings. The zero-order valence-corrected chi connectivity index (χ0v) is 42.4. The van der Waals surface area contributed by atoms with Gasteiger partial charge in [-0.2, -0.15) is 26.3 Å². The van der Waals surface area contributed by atoms with E-state index >= 15 is 0 Å². The Labute approximate surface area is 443 Å². The van der Waals surface area contributed by atoms with Crippen molar-refractivity contribution in [3.63, 3.8) is 0 Å². The van der Waals surface area contributed by atoms with Gasteiger partial charge < -0.3 is 31.1 Å². The Bertz CT molecular complexity index is 3180. The van der Waals surface area contributed by atoms with E-state index in [-0.39, 0.29) is 23.9 Å². The number of hydrogen-bond acceptors (Lipinski definition) is 4. The Hall–Kier alpha value is -8.40. The first-order valence-corrected chi connectivity index (χ1v) is 25.5. The van der Waals surface area contributed by atoms with Crippen molar-refractivity contribution in [1.29, 1.82) is 0 Å². The zero-order valence-electron chi connectivity index (χ0n) is 42.4. The molecule has 2 aliphatic heterocycles. The first-order chi connectivity index (χ1) is 37.0. The molecule has 10 nitrogen and oxygen atoms in total. The van der Waals surface area contributed by atoms with Gasteiger partial charge in [-0.25, -0.2) is 9.59 Å². The number of carbonyl (C=O) groups is 4. The number of rotatable bonds is 13. The van der Waals surface area contributed by atoms with Gasteiger partial charge in [0.2, 0.25) is 0 Å². The Morgan fingerprint density at radius 2 is 0.922 bits per heavy atom. The van der Waals surface area contributed by atoms with Gasteiger partial charge in [-0.1, -0.05) is 129 Å². The number of unbranched alkanes of at least 4 members (excludes halogenated alkanes) is 3. The fraction of sp³-hybridized carbons (Fsp3) is 0.246. The molecule has 0 spiro atoms. The van der Waals surface area contributed by atoms with Crippen LogP contribution in [0.1, 0.15) is 92.3 Å². The largest absolute Gasteiger partial charge is 0.416 e. The fourth-order valence-corrected chi connectivity index (χ4v) is 9.29. The summed E-state index contributed by atoms with van der Waals surface area (Å²) < 4.78 is 77.8. The number of amides is 6.